The van der Waals surface area contributed by atoms with E-state index in [1.165, 1.54) is 6.92 Å². The summed E-state index contributed by atoms with van der Waals surface area (Å²) in [5, 5.41) is -0.410. The molecule has 1 rings (SSSR count). The van der Waals surface area contributed by atoms with Crippen molar-refractivity contribution in [3.8, 4) is 0 Å². The lowest BCUT2D eigenvalue weighted by Gasteiger charge is -2.19. The lowest BCUT2D eigenvalue weighted by Crippen LogP contribution is -2.23. The highest BCUT2D eigenvalue weighted by Gasteiger charge is 2.22. The minimum atomic E-state index is -0.492. The summed E-state index contributed by atoms with van der Waals surface area (Å²) < 4.78 is 5.01. The summed E-state index contributed by atoms with van der Waals surface area (Å²) in [6, 6.07) is 9.41. The van der Waals surface area contributed by atoms with E-state index in [4.69, 9.17) is 27.9 Å². The highest BCUT2D eigenvalue weighted by atomic mass is 35.5. The Hall–Kier alpha value is -0.730. The van der Waals surface area contributed by atoms with Gasteiger partial charge in [-0.1, -0.05) is 30.3 Å². The number of carbonyl (C=O) groups is 1. The monoisotopic (exact) mass is 246 g/mol. The lowest BCUT2D eigenvalue weighted by molar-refractivity contribution is -0.145. The number of ether oxygens (including phenoxy) is 1. The number of carbonyl (C=O) groups excluding carboxylic acids is 1. The Labute approximate surface area is 99.1 Å². The molecule has 1 aromatic rings. The van der Waals surface area contributed by atoms with Crippen LogP contribution in [0.3, 0.4) is 0 Å². The lowest BCUT2D eigenvalue weighted by atomic mass is 10.1. The third kappa shape index (κ3) is 3.73. The molecule has 0 aliphatic carbocycles. The second-order valence-electron chi connectivity index (χ2n) is 3.11. The Bertz CT molecular complexity index is 314. The van der Waals surface area contributed by atoms with Crippen LogP contribution in [0, 0.1) is 0 Å². The van der Waals surface area contributed by atoms with Gasteiger partial charge < -0.3 is 4.74 Å². The van der Waals surface area contributed by atoms with Gasteiger partial charge in [0.05, 0.1) is 11.3 Å². The highest BCUT2D eigenvalue weighted by Crippen LogP contribution is 2.26. The predicted octanol–water partition coefficient (Wildman–Crippen LogP) is 3.14. The third-order valence-electron chi connectivity index (χ3n) is 1.91. The first-order valence-corrected chi connectivity index (χ1v) is 5.54. The zero-order chi connectivity index (χ0) is 11.3. The molecule has 15 heavy (non-hydrogen) atoms. The molecule has 0 aliphatic rings. The van der Waals surface area contributed by atoms with Crippen molar-refractivity contribution in [2.75, 3.05) is 5.88 Å². The minimum absolute atomic E-state index is 0.183. The summed E-state index contributed by atoms with van der Waals surface area (Å²) in [6.45, 7) is 1.34. The van der Waals surface area contributed by atoms with Crippen LogP contribution in [0.5, 0.6) is 0 Å². The molecule has 0 aromatic heterocycles. The fourth-order valence-corrected chi connectivity index (χ4v) is 1.85. The quantitative estimate of drug-likeness (QED) is 0.603. The van der Waals surface area contributed by atoms with Gasteiger partial charge in [-0.3, -0.25) is 4.79 Å². The molecule has 0 aliphatic heterocycles. The first-order chi connectivity index (χ1) is 7.15. The van der Waals surface area contributed by atoms with E-state index in [9.17, 15) is 4.79 Å². The zero-order valence-electron chi connectivity index (χ0n) is 8.32. The molecule has 4 heteroatoms. The fraction of sp³-hybridized carbons (Fsp3) is 0.364. The molecule has 0 bridgehead atoms. The maximum Gasteiger partial charge on any atom is 0.303 e. The van der Waals surface area contributed by atoms with Gasteiger partial charge in [0.25, 0.3) is 0 Å². The maximum absolute atomic E-state index is 10.8. The van der Waals surface area contributed by atoms with Gasteiger partial charge in [-0.15, -0.1) is 23.2 Å². The predicted molar refractivity (Wildman–Crippen MR) is 61.3 cm³/mol. The van der Waals surface area contributed by atoms with Crippen molar-refractivity contribution in [1.29, 1.82) is 0 Å². The minimum Gasteiger partial charge on any atom is -0.459 e. The molecule has 0 saturated carbocycles. The molecule has 0 fully saturated rings. The Balaban J connectivity index is 2.73. The first-order valence-electron chi connectivity index (χ1n) is 4.57. The smallest absolute Gasteiger partial charge is 0.303 e. The van der Waals surface area contributed by atoms with Gasteiger partial charge in [0.2, 0.25) is 0 Å². The molecule has 2 nitrogen and oxygen atoms in total. The Morgan fingerprint density at radius 1 is 1.40 bits per heavy atom. The SMILES string of the molecule is CC(=O)OC(CCl)C(Cl)c1ccccc1. The van der Waals surface area contributed by atoms with Crippen LogP contribution in [0.25, 0.3) is 0 Å². The van der Waals surface area contributed by atoms with Crippen molar-refractivity contribution in [3.63, 3.8) is 0 Å². The molecule has 2 atom stereocenters. The summed E-state index contributed by atoms with van der Waals surface area (Å²) in [6.07, 6.45) is -0.492. The average Bonchev–Trinajstić information content (AvgIpc) is 2.26. The molecule has 0 heterocycles. The summed E-state index contributed by atoms with van der Waals surface area (Å²) in [5.41, 5.74) is 0.895. The molecule has 82 valence electrons. The number of benzene rings is 1. The van der Waals surface area contributed by atoms with Crippen molar-refractivity contribution in [1.82, 2.24) is 0 Å². The second-order valence-corrected chi connectivity index (χ2v) is 3.89. The molecule has 1 aromatic carbocycles. The van der Waals surface area contributed by atoms with Crippen molar-refractivity contribution in [2.24, 2.45) is 0 Å². The van der Waals surface area contributed by atoms with Crippen molar-refractivity contribution in [2.45, 2.75) is 18.4 Å². The second kappa shape index (κ2) is 5.99. The van der Waals surface area contributed by atoms with Crippen LogP contribution in [0.1, 0.15) is 17.9 Å². The summed E-state index contributed by atoms with van der Waals surface area (Å²) in [5.74, 6) is -0.190. The van der Waals surface area contributed by atoms with E-state index < -0.39 is 11.5 Å². The van der Waals surface area contributed by atoms with Gasteiger partial charge in [-0.25, -0.2) is 0 Å². The molecule has 2 unspecified atom stereocenters. The third-order valence-corrected chi connectivity index (χ3v) is 2.75. The molecular weight excluding hydrogens is 235 g/mol. The van der Waals surface area contributed by atoms with E-state index in [1.807, 2.05) is 30.3 Å². The Kier molecular flexibility index (Phi) is 4.92. The number of hydrogen-bond acceptors (Lipinski definition) is 2. The van der Waals surface area contributed by atoms with Gasteiger partial charge in [-0.2, -0.15) is 0 Å². The van der Waals surface area contributed by atoms with Gasteiger partial charge in [0, 0.05) is 6.92 Å². The van der Waals surface area contributed by atoms with Crippen LogP contribution in [0.2, 0.25) is 0 Å². The van der Waals surface area contributed by atoms with Gasteiger partial charge in [0.15, 0.2) is 0 Å². The standard InChI is InChI=1S/C11H12Cl2O2/c1-8(14)15-10(7-12)11(13)9-5-3-2-4-6-9/h2-6,10-11H,7H2,1H3. The normalized spacial score (nSPS) is 14.3. The van der Waals surface area contributed by atoms with Gasteiger partial charge in [-0.05, 0) is 5.56 Å². The van der Waals surface area contributed by atoms with Gasteiger partial charge in [0.1, 0.15) is 6.10 Å². The molecule has 0 N–H and O–H groups in total. The number of hydrogen-bond donors (Lipinski definition) is 0. The fourth-order valence-electron chi connectivity index (χ4n) is 1.23. The van der Waals surface area contributed by atoms with E-state index in [0.717, 1.165) is 5.56 Å². The van der Waals surface area contributed by atoms with Crippen LogP contribution in [-0.2, 0) is 9.53 Å². The highest BCUT2D eigenvalue weighted by molar-refractivity contribution is 6.23. The van der Waals surface area contributed by atoms with E-state index >= 15 is 0 Å². The average molecular weight is 247 g/mol. The van der Waals surface area contributed by atoms with Crippen LogP contribution in [0.4, 0.5) is 0 Å². The van der Waals surface area contributed by atoms with Gasteiger partial charge >= 0.3 is 5.97 Å². The van der Waals surface area contributed by atoms with Crippen molar-refractivity contribution < 1.29 is 9.53 Å². The largest absolute Gasteiger partial charge is 0.459 e. The van der Waals surface area contributed by atoms with Crippen LogP contribution < -0.4 is 0 Å². The molecule has 0 saturated heterocycles. The number of esters is 1. The summed E-state index contributed by atoms with van der Waals surface area (Å²) in [4.78, 5) is 10.8. The number of alkyl halides is 2. The zero-order valence-corrected chi connectivity index (χ0v) is 9.83. The van der Waals surface area contributed by atoms with E-state index in [-0.39, 0.29) is 11.8 Å². The Morgan fingerprint density at radius 3 is 2.47 bits per heavy atom. The maximum atomic E-state index is 10.8. The molecule has 0 amide bonds. The Morgan fingerprint density at radius 2 is 2.00 bits per heavy atom. The molecular formula is C11H12Cl2O2. The molecule has 0 spiro atoms. The first kappa shape index (κ1) is 12.3. The van der Waals surface area contributed by atoms with Crippen molar-refractivity contribution >= 4 is 29.2 Å². The van der Waals surface area contributed by atoms with Crippen LogP contribution in [0.15, 0.2) is 30.3 Å². The van der Waals surface area contributed by atoms with Crippen LogP contribution in [-0.4, -0.2) is 18.0 Å². The number of rotatable bonds is 4. The molecule has 0 radical (unpaired) electrons. The van der Waals surface area contributed by atoms with Crippen molar-refractivity contribution in [3.05, 3.63) is 35.9 Å². The van der Waals surface area contributed by atoms with Crippen LogP contribution >= 0.6 is 23.2 Å². The van der Waals surface area contributed by atoms with E-state index in [0.29, 0.717) is 0 Å². The summed E-state index contributed by atoms with van der Waals surface area (Å²) >= 11 is 11.8. The van der Waals surface area contributed by atoms with E-state index in [2.05, 4.69) is 0 Å². The number of halogens is 2. The summed E-state index contributed by atoms with van der Waals surface area (Å²) in [7, 11) is 0. The van der Waals surface area contributed by atoms with E-state index in [1.54, 1.807) is 0 Å². The topological polar surface area (TPSA) is 26.3 Å².